The molecular formula is C9H17N3O4. The third kappa shape index (κ3) is 4.74. The number of imide groups is 1. The van der Waals surface area contributed by atoms with Crippen molar-refractivity contribution in [2.45, 2.75) is 32.2 Å². The van der Waals surface area contributed by atoms with Crippen molar-refractivity contribution in [3.63, 3.8) is 0 Å². The largest absolute Gasteiger partial charge is 0.480 e. The SMILES string of the molecule is CCCC(C)(NCC(=O)NC(N)=O)C(=O)O. The molecule has 0 aliphatic carbocycles. The number of rotatable bonds is 6. The molecule has 0 bridgehead atoms. The molecule has 0 radical (unpaired) electrons. The molecule has 0 aliphatic heterocycles. The monoisotopic (exact) mass is 231 g/mol. The molecule has 0 saturated heterocycles. The van der Waals surface area contributed by atoms with Crippen LogP contribution < -0.4 is 16.4 Å². The normalized spacial score (nSPS) is 13.9. The molecule has 0 heterocycles. The second kappa shape index (κ2) is 6.06. The molecular weight excluding hydrogens is 214 g/mol. The average Bonchev–Trinajstić information content (AvgIpc) is 2.14. The Morgan fingerprint density at radius 2 is 1.94 bits per heavy atom. The molecule has 0 saturated carbocycles. The first kappa shape index (κ1) is 14.4. The molecule has 92 valence electrons. The number of hydrogen-bond acceptors (Lipinski definition) is 4. The highest BCUT2D eigenvalue weighted by Crippen LogP contribution is 2.11. The number of primary amides is 1. The summed E-state index contributed by atoms with van der Waals surface area (Å²) >= 11 is 0. The van der Waals surface area contributed by atoms with E-state index in [-0.39, 0.29) is 6.54 Å². The number of nitrogens with one attached hydrogen (secondary N) is 2. The van der Waals surface area contributed by atoms with E-state index >= 15 is 0 Å². The molecule has 0 fully saturated rings. The van der Waals surface area contributed by atoms with Gasteiger partial charge in [0.25, 0.3) is 0 Å². The fraction of sp³-hybridized carbons (Fsp3) is 0.667. The van der Waals surface area contributed by atoms with Gasteiger partial charge in [-0.2, -0.15) is 0 Å². The third-order valence-electron chi connectivity index (χ3n) is 2.12. The maximum absolute atomic E-state index is 11.1. The number of nitrogens with two attached hydrogens (primary N) is 1. The Kier molecular flexibility index (Phi) is 5.44. The Morgan fingerprint density at radius 1 is 1.38 bits per heavy atom. The van der Waals surface area contributed by atoms with Crippen LogP contribution in [-0.4, -0.2) is 35.1 Å². The van der Waals surface area contributed by atoms with E-state index in [0.29, 0.717) is 12.8 Å². The predicted molar refractivity (Wildman–Crippen MR) is 56.7 cm³/mol. The summed E-state index contributed by atoms with van der Waals surface area (Å²) in [5, 5.41) is 13.4. The van der Waals surface area contributed by atoms with Crippen LogP contribution in [0.25, 0.3) is 0 Å². The van der Waals surface area contributed by atoms with Crippen LogP contribution in [0.5, 0.6) is 0 Å². The van der Waals surface area contributed by atoms with Gasteiger partial charge in [0.15, 0.2) is 0 Å². The van der Waals surface area contributed by atoms with Gasteiger partial charge in [0.2, 0.25) is 5.91 Å². The smallest absolute Gasteiger partial charge is 0.323 e. The molecule has 7 nitrogen and oxygen atoms in total. The second-order valence-corrected chi connectivity index (χ2v) is 3.65. The van der Waals surface area contributed by atoms with Crippen molar-refractivity contribution in [1.29, 1.82) is 0 Å². The second-order valence-electron chi connectivity index (χ2n) is 3.65. The van der Waals surface area contributed by atoms with Crippen molar-refractivity contribution < 1.29 is 19.5 Å². The molecule has 7 heteroatoms. The van der Waals surface area contributed by atoms with Crippen LogP contribution in [0, 0.1) is 0 Å². The molecule has 16 heavy (non-hydrogen) atoms. The van der Waals surface area contributed by atoms with E-state index in [2.05, 4.69) is 5.32 Å². The van der Waals surface area contributed by atoms with Gasteiger partial charge in [-0.3, -0.25) is 20.2 Å². The highest BCUT2D eigenvalue weighted by Gasteiger charge is 2.31. The van der Waals surface area contributed by atoms with Gasteiger partial charge in [-0.25, -0.2) is 4.79 Å². The summed E-state index contributed by atoms with van der Waals surface area (Å²) in [4.78, 5) is 32.4. The Balaban J connectivity index is 4.27. The number of amides is 3. The molecule has 3 amide bonds. The average molecular weight is 231 g/mol. The van der Waals surface area contributed by atoms with Crippen molar-refractivity contribution in [1.82, 2.24) is 10.6 Å². The third-order valence-corrected chi connectivity index (χ3v) is 2.12. The van der Waals surface area contributed by atoms with E-state index in [1.165, 1.54) is 6.92 Å². The van der Waals surface area contributed by atoms with Crippen molar-refractivity contribution in [3.8, 4) is 0 Å². The van der Waals surface area contributed by atoms with E-state index in [1.54, 1.807) is 0 Å². The molecule has 5 N–H and O–H groups in total. The zero-order chi connectivity index (χ0) is 12.8. The van der Waals surface area contributed by atoms with E-state index in [1.807, 2.05) is 12.2 Å². The zero-order valence-electron chi connectivity index (χ0n) is 9.37. The minimum atomic E-state index is -1.18. The van der Waals surface area contributed by atoms with Crippen molar-refractivity contribution in [2.75, 3.05) is 6.54 Å². The number of carbonyl (C=O) groups is 3. The Bertz CT molecular complexity index is 292. The van der Waals surface area contributed by atoms with Crippen LogP contribution in [0.15, 0.2) is 0 Å². The number of aliphatic carboxylic acids is 1. The fourth-order valence-corrected chi connectivity index (χ4v) is 1.23. The van der Waals surface area contributed by atoms with Crippen LogP contribution in [0.1, 0.15) is 26.7 Å². The summed E-state index contributed by atoms with van der Waals surface area (Å²) in [5.74, 6) is -1.70. The molecule has 0 aromatic rings. The topological polar surface area (TPSA) is 122 Å². The highest BCUT2D eigenvalue weighted by atomic mass is 16.4. The number of hydrogen-bond donors (Lipinski definition) is 4. The molecule has 1 unspecified atom stereocenters. The fourth-order valence-electron chi connectivity index (χ4n) is 1.23. The maximum Gasteiger partial charge on any atom is 0.323 e. The van der Waals surface area contributed by atoms with E-state index in [9.17, 15) is 14.4 Å². The van der Waals surface area contributed by atoms with Gasteiger partial charge in [-0.05, 0) is 13.3 Å². The van der Waals surface area contributed by atoms with Crippen LogP contribution in [-0.2, 0) is 9.59 Å². The van der Waals surface area contributed by atoms with Crippen LogP contribution in [0.4, 0.5) is 4.79 Å². The number of carboxylic acids is 1. The summed E-state index contributed by atoms with van der Waals surface area (Å²) in [6.45, 7) is 3.05. The van der Waals surface area contributed by atoms with E-state index < -0.39 is 23.4 Å². The molecule has 0 aromatic carbocycles. The Labute approximate surface area is 93.4 Å². The first-order chi connectivity index (χ1) is 7.31. The first-order valence-corrected chi connectivity index (χ1v) is 4.89. The predicted octanol–water partition coefficient (Wildman–Crippen LogP) is -0.586. The van der Waals surface area contributed by atoms with E-state index in [0.717, 1.165) is 0 Å². The lowest BCUT2D eigenvalue weighted by atomic mass is 9.96. The van der Waals surface area contributed by atoms with Gasteiger partial charge >= 0.3 is 12.0 Å². The van der Waals surface area contributed by atoms with Gasteiger partial charge in [0, 0.05) is 0 Å². The van der Waals surface area contributed by atoms with E-state index in [4.69, 9.17) is 10.8 Å². The van der Waals surface area contributed by atoms with Crippen molar-refractivity contribution >= 4 is 17.9 Å². The highest BCUT2D eigenvalue weighted by molar-refractivity contribution is 5.94. The van der Waals surface area contributed by atoms with Crippen LogP contribution in [0.3, 0.4) is 0 Å². The van der Waals surface area contributed by atoms with Crippen LogP contribution >= 0.6 is 0 Å². The van der Waals surface area contributed by atoms with Crippen LogP contribution in [0.2, 0.25) is 0 Å². The van der Waals surface area contributed by atoms with Gasteiger partial charge in [-0.1, -0.05) is 13.3 Å². The number of carboxylic acid groups (broad SMARTS) is 1. The molecule has 0 aromatic heterocycles. The summed E-state index contributed by atoms with van der Waals surface area (Å²) in [7, 11) is 0. The lowest BCUT2D eigenvalue weighted by molar-refractivity contribution is -0.144. The summed E-state index contributed by atoms with van der Waals surface area (Å²) in [6.07, 6.45) is 1.04. The number of carbonyl (C=O) groups excluding carboxylic acids is 2. The minimum Gasteiger partial charge on any atom is -0.480 e. The zero-order valence-corrected chi connectivity index (χ0v) is 9.37. The summed E-state index contributed by atoms with van der Waals surface area (Å²) in [5.41, 5.74) is 3.56. The summed E-state index contributed by atoms with van der Waals surface area (Å²) in [6, 6.07) is -0.959. The lowest BCUT2D eigenvalue weighted by Crippen LogP contribution is -2.53. The molecule has 0 spiro atoms. The molecule has 1 atom stereocenters. The van der Waals surface area contributed by atoms with Crippen molar-refractivity contribution in [3.05, 3.63) is 0 Å². The number of urea groups is 1. The Morgan fingerprint density at radius 3 is 2.31 bits per heavy atom. The Hall–Kier alpha value is -1.63. The van der Waals surface area contributed by atoms with Gasteiger partial charge in [-0.15, -0.1) is 0 Å². The quantitative estimate of drug-likeness (QED) is 0.487. The molecule has 0 rings (SSSR count). The molecule has 0 aliphatic rings. The van der Waals surface area contributed by atoms with Gasteiger partial charge < -0.3 is 10.8 Å². The summed E-state index contributed by atoms with van der Waals surface area (Å²) < 4.78 is 0. The van der Waals surface area contributed by atoms with Gasteiger partial charge in [0.05, 0.1) is 6.54 Å². The van der Waals surface area contributed by atoms with Gasteiger partial charge in [0.1, 0.15) is 5.54 Å². The minimum absolute atomic E-state index is 0.272. The maximum atomic E-state index is 11.1. The standard InChI is InChI=1S/C9H17N3O4/c1-3-4-9(2,7(14)15)11-5-6(13)12-8(10)16/h11H,3-5H2,1-2H3,(H,14,15)(H3,10,12,13,16). The first-order valence-electron chi connectivity index (χ1n) is 4.89. The lowest BCUT2D eigenvalue weighted by Gasteiger charge is -2.25. The van der Waals surface area contributed by atoms with Crippen molar-refractivity contribution in [2.24, 2.45) is 5.73 Å².